The summed E-state index contributed by atoms with van der Waals surface area (Å²) in [6, 6.07) is 75.9. The summed E-state index contributed by atoms with van der Waals surface area (Å²) in [7, 11) is 0. The van der Waals surface area contributed by atoms with Crippen molar-refractivity contribution in [1.82, 2.24) is 0 Å². The van der Waals surface area contributed by atoms with Gasteiger partial charge in [-0.25, -0.2) is 0 Å². The van der Waals surface area contributed by atoms with E-state index in [9.17, 15) is 0 Å². The highest BCUT2D eigenvalue weighted by molar-refractivity contribution is 7.25. The Labute approximate surface area is 324 Å². The van der Waals surface area contributed by atoms with Crippen LogP contribution in [0.1, 0.15) is 0 Å². The third kappa shape index (κ3) is 5.52. The topological polar surface area (TPSA) is 0 Å². The van der Waals surface area contributed by atoms with Crippen LogP contribution >= 0.6 is 11.3 Å². The fourth-order valence-electron chi connectivity index (χ4n) is 8.47. The standard InChI is InChI=1S/C54H34S/c1-2-10-35(11-3-1)36-20-22-37(23-21-36)38-12-8-13-39(30-38)43-25-28-53-51(33-43)52-34-44(26-29-54(52)55-53)41-15-9-14-40(31-41)42-24-27-49-47-18-5-4-16-45(47)46-17-6-7-19-48(46)50(49)32-42/h1-34H. The number of fused-ring (bicyclic) bond motifs is 9. The zero-order valence-corrected chi connectivity index (χ0v) is 30.9. The molecule has 0 aliphatic carbocycles. The Bertz CT molecular complexity index is 3200. The Morgan fingerprint density at radius 1 is 0.182 bits per heavy atom. The molecule has 10 aromatic carbocycles. The molecule has 11 rings (SSSR count). The van der Waals surface area contributed by atoms with Gasteiger partial charge in [-0.1, -0.05) is 164 Å². The number of hydrogen-bond acceptors (Lipinski definition) is 1. The lowest BCUT2D eigenvalue weighted by Crippen LogP contribution is -1.86. The van der Waals surface area contributed by atoms with Gasteiger partial charge >= 0.3 is 0 Å². The molecule has 256 valence electrons. The van der Waals surface area contributed by atoms with E-state index in [1.165, 1.54) is 108 Å². The van der Waals surface area contributed by atoms with Crippen LogP contribution in [0.15, 0.2) is 206 Å². The van der Waals surface area contributed by atoms with Gasteiger partial charge in [0.2, 0.25) is 0 Å². The summed E-state index contributed by atoms with van der Waals surface area (Å²) in [5.74, 6) is 0. The van der Waals surface area contributed by atoms with E-state index in [0.29, 0.717) is 0 Å². The molecule has 0 saturated heterocycles. The van der Waals surface area contributed by atoms with E-state index in [1.54, 1.807) is 0 Å². The minimum absolute atomic E-state index is 1.22. The number of benzene rings is 10. The predicted octanol–water partition coefficient (Wildman–Crippen LogP) is 15.8. The Hall–Kier alpha value is -6.80. The quantitative estimate of drug-likeness (QED) is 0.156. The molecule has 0 radical (unpaired) electrons. The molecule has 0 fully saturated rings. The molecular formula is C54H34S. The molecular weight excluding hydrogens is 681 g/mol. The van der Waals surface area contributed by atoms with Gasteiger partial charge < -0.3 is 0 Å². The first-order chi connectivity index (χ1) is 27.2. The molecule has 0 atom stereocenters. The van der Waals surface area contributed by atoms with Crippen molar-refractivity contribution in [3.05, 3.63) is 206 Å². The molecule has 0 unspecified atom stereocenters. The normalized spacial score (nSPS) is 11.6. The van der Waals surface area contributed by atoms with Gasteiger partial charge in [-0.15, -0.1) is 11.3 Å². The molecule has 0 saturated carbocycles. The van der Waals surface area contributed by atoms with Crippen LogP contribution in [0.2, 0.25) is 0 Å². The van der Waals surface area contributed by atoms with Crippen molar-refractivity contribution in [2.24, 2.45) is 0 Å². The molecule has 0 aliphatic rings. The van der Waals surface area contributed by atoms with Crippen molar-refractivity contribution in [2.45, 2.75) is 0 Å². The lowest BCUT2D eigenvalue weighted by Gasteiger charge is -2.12. The fourth-order valence-corrected chi connectivity index (χ4v) is 9.53. The van der Waals surface area contributed by atoms with Crippen molar-refractivity contribution in [3.8, 4) is 55.6 Å². The maximum Gasteiger partial charge on any atom is 0.0355 e. The van der Waals surface area contributed by atoms with E-state index in [2.05, 4.69) is 206 Å². The summed E-state index contributed by atoms with van der Waals surface area (Å²) in [6.45, 7) is 0. The number of hydrogen-bond donors (Lipinski definition) is 0. The van der Waals surface area contributed by atoms with Gasteiger partial charge in [-0.05, 0) is 130 Å². The second-order valence-corrected chi connectivity index (χ2v) is 15.6. The molecule has 1 heteroatoms. The van der Waals surface area contributed by atoms with Crippen LogP contribution < -0.4 is 0 Å². The maximum atomic E-state index is 2.39. The zero-order chi connectivity index (χ0) is 36.3. The molecule has 1 heterocycles. The Balaban J connectivity index is 0.949. The average molecular weight is 715 g/mol. The minimum Gasteiger partial charge on any atom is -0.135 e. The van der Waals surface area contributed by atoms with Crippen LogP contribution in [0.5, 0.6) is 0 Å². The smallest absolute Gasteiger partial charge is 0.0355 e. The van der Waals surface area contributed by atoms with E-state index in [0.717, 1.165) is 0 Å². The molecule has 0 N–H and O–H groups in total. The zero-order valence-electron chi connectivity index (χ0n) is 30.0. The second-order valence-electron chi connectivity index (χ2n) is 14.5. The molecule has 0 amide bonds. The molecule has 0 nitrogen and oxygen atoms in total. The van der Waals surface area contributed by atoms with Crippen LogP contribution in [0.25, 0.3) is 108 Å². The molecule has 55 heavy (non-hydrogen) atoms. The predicted molar refractivity (Wildman–Crippen MR) is 239 cm³/mol. The highest BCUT2D eigenvalue weighted by Crippen LogP contribution is 2.41. The average Bonchev–Trinajstić information content (AvgIpc) is 3.64. The SMILES string of the molecule is c1ccc(-c2ccc(-c3cccc(-c4ccc5sc6ccc(-c7cccc(-c8ccc9c%10ccccc%10c%10ccccc%10c9c8)c7)cc6c5c4)c3)cc2)cc1. The third-order valence-corrected chi connectivity index (χ3v) is 12.4. The highest BCUT2D eigenvalue weighted by Gasteiger charge is 2.13. The van der Waals surface area contributed by atoms with Gasteiger partial charge in [-0.3, -0.25) is 0 Å². The largest absolute Gasteiger partial charge is 0.135 e. The molecule has 0 bridgehead atoms. The lowest BCUT2D eigenvalue weighted by molar-refractivity contribution is 1.58. The molecule has 0 aliphatic heterocycles. The summed E-state index contributed by atoms with van der Waals surface area (Å²) >= 11 is 1.87. The molecule has 11 aromatic rings. The maximum absolute atomic E-state index is 2.39. The summed E-state index contributed by atoms with van der Waals surface area (Å²) in [5, 5.41) is 10.4. The van der Waals surface area contributed by atoms with Crippen LogP contribution in [-0.2, 0) is 0 Å². The van der Waals surface area contributed by atoms with Gasteiger partial charge in [0.05, 0.1) is 0 Å². The number of thiophene rings is 1. The van der Waals surface area contributed by atoms with Gasteiger partial charge in [0.25, 0.3) is 0 Å². The van der Waals surface area contributed by atoms with Crippen LogP contribution in [0.4, 0.5) is 0 Å². The lowest BCUT2D eigenvalue weighted by atomic mass is 9.91. The summed E-state index contributed by atoms with van der Waals surface area (Å²) in [5.41, 5.74) is 12.3. The van der Waals surface area contributed by atoms with Crippen LogP contribution in [-0.4, -0.2) is 0 Å². The minimum atomic E-state index is 1.22. The highest BCUT2D eigenvalue weighted by atomic mass is 32.1. The first kappa shape index (κ1) is 31.7. The summed E-state index contributed by atoms with van der Waals surface area (Å²) in [4.78, 5) is 0. The van der Waals surface area contributed by atoms with E-state index in [-0.39, 0.29) is 0 Å². The summed E-state index contributed by atoms with van der Waals surface area (Å²) in [6.07, 6.45) is 0. The van der Waals surface area contributed by atoms with Crippen LogP contribution in [0.3, 0.4) is 0 Å². The van der Waals surface area contributed by atoms with Crippen molar-refractivity contribution in [1.29, 1.82) is 0 Å². The van der Waals surface area contributed by atoms with E-state index < -0.39 is 0 Å². The first-order valence-corrected chi connectivity index (χ1v) is 19.7. The summed E-state index contributed by atoms with van der Waals surface area (Å²) < 4.78 is 2.63. The fraction of sp³-hybridized carbons (Fsp3) is 0. The Morgan fingerprint density at radius 2 is 0.491 bits per heavy atom. The van der Waals surface area contributed by atoms with Crippen molar-refractivity contribution in [3.63, 3.8) is 0 Å². The van der Waals surface area contributed by atoms with Crippen LogP contribution in [0, 0.1) is 0 Å². The van der Waals surface area contributed by atoms with E-state index in [1.807, 2.05) is 11.3 Å². The molecule has 1 aromatic heterocycles. The Kier molecular flexibility index (Phi) is 7.46. The number of rotatable bonds is 5. The monoisotopic (exact) mass is 714 g/mol. The van der Waals surface area contributed by atoms with Gasteiger partial charge in [0.15, 0.2) is 0 Å². The van der Waals surface area contributed by atoms with Crippen molar-refractivity contribution >= 4 is 63.8 Å². The van der Waals surface area contributed by atoms with Crippen molar-refractivity contribution in [2.75, 3.05) is 0 Å². The first-order valence-electron chi connectivity index (χ1n) is 18.9. The Morgan fingerprint density at radius 3 is 1.00 bits per heavy atom. The third-order valence-electron chi connectivity index (χ3n) is 11.3. The van der Waals surface area contributed by atoms with Gasteiger partial charge in [0.1, 0.15) is 0 Å². The van der Waals surface area contributed by atoms with Gasteiger partial charge in [-0.2, -0.15) is 0 Å². The second kappa shape index (κ2) is 13.0. The van der Waals surface area contributed by atoms with E-state index >= 15 is 0 Å². The van der Waals surface area contributed by atoms with Gasteiger partial charge in [0, 0.05) is 20.2 Å². The van der Waals surface area contributed by atoms with E-state index in [4.69, 9.17) is 0 Å². The van der Waals surface area contributed by atoms with Crippen molar-refractivity contribution < 1.29 is 0 Å². The molecule has 0 spiro atoms.